The minimum absolute atomic E-state index is 0.0250. The van der Waals surface area contributed by atoms with Crippen LogP contribution in [-0.4, -0.2) is 46.2 Å². The van der Waals surface area contributed by atoms with Crippen LogP contribution >= 0.6 is 11.3 Å². The van der Waals surface area contributed by atoms with Crippen molar-refractivity contribution in [1.29, 1.82) is 0 Å². The number of piperidine rings is 1. The van der Waals surface area contributed by atoms with Crippen molar-refractivity contribution < 1.29 is 9.53 Å². The van der Waals surface area contributed by atoms with E-state index in [1.165, 1.54) is 44.1 Å². The molecular formula is C32H36N4O2S. The number of benzene rings is 2. The molecule has 2 saturated heterocycles. The summed E-state index contributed by atoms with van der Waals surface area (Å²) >= 11 is 1.69. The Bertz CT molecular complexity index is 1430. The lowest BCUT2D eigenvalue weighted by atomic mass is 9.93. The first kappa shape index (κ1) is 24.9. The van der Waals surface area contributed by atoms with Crippen LogP contribution in [0.25, 0.3) is 22.2 Å². The fraction of sp³-hybridized carbons (Fsp3) is 0.438. The van der Waals surface area contributed by atoms with E-state index in [0.717, 1.165) is 40.8 Å². The largest absolute Gasteiger partial charge is 0.490 e. The zero-order chi connectivity index (χ0) is 26.3. The first-order chi connectivity index (χ1) is 19.1. The number of hydrogen-bond acceptors (Lipinski definition) is 5. The summed E-state index contributed by atoms with van der Waals surface area (Å²) in [7, 11) is 2.26. The zero-order valence-corrected chi connectivity index (χ0v) is 23.3. The Balaban J connectivity index is 1.08. The van der Waals surface area contributed by atoms with E-state index in [9.17, 15) is 4.79 Å². The van der Waals surface area contributed by atoms with Crippen molar-refractivity contribution in [3.8, 4) is 17.0 Å². The van der Waals surface area contributed by atoms with Gasteiger partial charge < -0.3 is 15.0 Å². The molecule has 2 bridgehead atoms. The maximum absolute atomic E-state index is 13.5. The monoisotopic (exact) mass is 540 g/mol. The normalized spacial score (nSPS) is 24.3. The topological polar surface area (TPSA) is 70.2 Å². The van der Waals surface area contributed by atoms with Crippen molar-refractivity contribution >= 4 is 28.1 Å². The first-order valence-corrected chi connectivity index (χ1v) is 15.4. The number of amides is 1. The van der Waals surface area contributed by atoms with Crippen LogP contribution in [0, 0.1) is 5.92 Å². The molecule has 3 fully saturated rings. The van der Waals surface area contributed by atoms with Gasteiger partial charge in [-0.1, -0.05) is 12.8 Å². The molecule has 1 amide bonds. The van der Waals surface area contributed by atoms with Crippen LogP contribution in [0.15, 0.2) is 59.3 Å². The number of aromatic nitrogens is 2. The van der Waals surface area contributed by atoms with Gasteiger partial charge in [-0.05, 0) is 116 Å². The Morgan fingerprint density at radius 3 is 2.54 bits per heavy atom. The van der Waals surface area contributed by atoms with Gasteiger partial charge in [0.15, 0.2) is 0 Å². The first-order valence-electron chi connectivity index (χ1n) is 14.4. The Morgan fingerprint density at radius 1 is 1.05 bits per heavy atom. The fourth-order valence-corrected chi connectivity index (χ4v) is 7.85. The molecule has 2 N–H and O–H groups in total. The molecule has 0 radical (unpaired) electrons. The molecule has 3 aliphatic rings. The second-order valence-electron chi connectivity index (χ2n) is 11.7. The van der Waals surface area contributed by atoms with Crippen molar-refractivity contribution in [3.63, 3.8) is 0 Å². The van der Waals surface area contributed by atoms with Crippen LogP contribution in [0.4, 0.5) is 0 Å². The predicted octanol–water partition coefficient (Wildman–Crippen LogP) is 6.96. The number of carbonyl (C=O) groups is 1. The minimum Gasteiger partial charge on any atom is -0.490 e. The molecule has 4 heterocycles. The Hall–Kier alpha value is -3.16. The molecule has 2 aliphatic heterocycles. The third-order valence-electron chi connectivity index (χ3n) is 9.37. The van der Waals surface area contributed by atoms with Crippen molar-refractivity contribution in [1.82, 2.24) is 20.4 Å². The highest BCUT2D eigenvalue weighted by Crippen LogP contribution is 2.38. The molecule has 2 unspecified atom stereocenters. The van der Waals surface area contributed by atoms with Gasteiger partial charge >= 0.3 is 0 Å². The summed E-state index contributed by atoms with van der Waals surface area (Å²) in [4.78, 5) is 16.0. The van der Waals surface area contributed by atoms with Gasteiger partial charge in [0, 0.05) is 28.6 Å². The Morgan fingerprint density at radius 2 is 1.82 bits per heavy atom. The number of fused-ring (bicyclic) bond motifs is 3. The maximum Gasteiger partial charge on any atom is 0.251 e. The van der Waals surface area contributed by atoms with E-state index < -0.39 is 0 Å². The lowest BCUT2D eigenvalue weighted by molar-refractivity contribution is 0.0662. The van der Waals surface area contributed by atoms with Gasteiger partial charge in [0.2, 0.25) is 0 Å². The average Bonchev–Trinajstić information content (AvgIpc) is 3.76. The number of rotatable bonds is 7. The molecule has 0 spiro atoms. The summed E-state index contributed by atoms with van der Waals surface area (Å²) in [6.45, 7) is 0. The molecule has 4 aromatic rings. The van der Waals surface area contributed by atoms with Gasteiger partial charge in [-0.25, -0.2) is 0 Å². The Labute approximate surface area is 233 Å². The molecular weight excluding hydrogens is 504 g/mol. The second kappa shape index (κ2) is 10.4. The number of H-pyrrole nitrogens is 1. The number of ether oxygens (including phenoxy) is 1. The third kappa shape index (κ3) is 4.87. The van der Waals surface area contributed by atoms with Gasteiger partial charge in [0.25, 0.3) is 5.91 Å². The number of thiophene rings is 1. The summed E-state index contributed by atoms with van der Waals surface area (Å²) in [6.07, 6.45) is 9.93. The highest BCUT2D eigenvalue weighted by molar-refractivity contribution is 7.08. The average molecular weight is 541 g/mol. The molecule has 7 heteroatoms. The van der Waals surface area contributed by atoms with Gasteiger partial charge in [0.1, 0.15) is 11.9 Å². The number of hydrogen-bond donors (Lipinski definition) is 2. The fourth-order valence-electron chi connectivity index (χ4n) is 7.16. The highest BCUT2D eigenvalue weighted by atomic mass is 32.1. The van der Waals surface area contributed by atoms with E-state index in [1.54, 1.807) is 11.3 Å². The van der Waals surface area contributed by atoms with E-state index in [0.29, 0.717) is 29.7 Å². The lowest BCUT2D eigenvalue weighted by Gasteiger charge is -2.36. The molecule has 1 aliphatic carbocycles. The van der Waals surface area contributed by atoms with Crippen LogP contribution in [0.5, 0.6) is 5.75 Å². The van der Waals surface area contributed by atoms with E-state index in [4.69, 9.17) is 4.74 Å². The van der Waals surface area contributed by atoms with E-state index in [2.05, 4.69) is 68.6 Å². The zero-order valence-electron chi connectivity index (χ0n) is 22.4. The number of nitrogens with zero attached hydrogens (tertiary/aromatic N) is 2. The molecule has 2 aromatic heterocycles. The van der Waals surface area contributed by atoms with Crippen LogP contribution < -0.4 is 10.1 Å². The van der Waals surface area contributed by atoms with Crippen LogP contribution in [0.3, 0.4) is 0 Å². The van der Waals surface area contributed by atoms with E-state index >= 15 is 0 Å². The van der Waals surface area contributed by atoms with Crippen molar-refractivity contribution in [2.75, 3.05) is 7.05 Å². The van der Waals surface area contributed by atoms with E-state index in [-0.39, 0.29) is 11.9 Å². The highest BCUT2D eigenvalue weighted by Gasteiger charge is 2.39. The third-order valence-corrected chi connectivity index (χ3v) is 10.1. The Kier molecular flexibility index (Phi) is 6.65. The molecule has 2 aromatic carbocycles. The van der Waals surface area contributed by atoms with Gasteiger partial charge in [-0.2, -0.15) is 16.4 Å². The molecule has 202 valence electrons. The summed E-state index contributed by atoms with van der Waals surface area (Å²) in [5.41, 5.74) is 4.68. The second-order valence-corrected chi connectivity index (χ2v) is 12.5. The van der Waals surface area contributed by atoms with Crippen molar-refractivity contribution in [2.45, 2.75) is 75.6 Å². The molecule has 1 saturated carbocycles. The molecule has 39 heavy (non-hydrogen) atoms. The summed E-state index contributed by atoms with van der Waals surface area (Å²) in [5, 5.41) is 16.4. The van der Waals surface area contributed by atoms with Gasteiger partial charge in [-0.15, -0.1) is 0 Å². The van der Waals surface area contributed by atoms with Gasteiger partial charge in [0.05, 0.1) is 17.3 Å². The summed E-state index contributed by atoms with van der Waals surface area (Å²) in [6, 6.07) is 17.6. The number of aromatic amines is 1. The maximum atomic E-state index is 13.5. The molecule has 4 atom stereocenters. The number of nitrogens with one attached hydrogen (secondary N) is 2. The summed E-state index contributed by atoms with van der Waals surface area (Å²) in [5.74, 6) is 1.39. The predicted molar refractivity (Wildman–Crippen MR) is 156 cm³/mol. The van der Waals surface area contributed by atoms with E-state index in [1.807, 2.05) is 18.2 Å². The SMILES string of the molecule is CN1[C@@H]2CC[C@H]1CC(Oc1ccc(-c3n[nH]c4ccc(C(=O)NC(c5ccsc5)C5CCCC5)cc34)cc1)C2. The summed E-state index contributed by atoms with van der Waals surface area (Å²) < 4.78 is 6.40. The van der Waals surface area contributed by atoms with Crippen LogP contribution in [0.2, 0.25) is 0 Å². The van der Waals surface area contributed by atoms with Crippen molar-refractivity contribution in [2.24, 2.45) is 5.92 Å². The minimum atomic E-state index is -0.0250. The molecule has 7 rings (SSSR count). The van der Waals surface area contributed by atoms with Crippen LogP contribution in [-0.2, 0) is 0 Å². The lowest BCUT2D eigenvalue weighted by Crippen LogP contribution is -2.43. The quantitative estimate of drug-likeness (QED) is 0.266. The standard InChI is InChI=1S/C32H36N4O2S/c1-36-24-9-10-25(36)18-27(17-24)38-26-11-6-21(7-12-26)31-28-16-22(8-13-29(28)34-35-31)32(37)33-30(20-4-2-3-5-20)23-14-15-39-19-23/h6-8,11-16,19-20,24-25,27,30H,2-5,9-10,17-18H2,1H3,(H,33,37)(H,34,35)/t24-,25+,27?,30?. The number of carbonyl (C=O) groups excluding carboxylic acids is 1. The smallest absolute Gasteiger partial charge is 0.251 e. The molecule has 6 nitrogen and oxygen atoms in total. The van der Waals surface area contributed by atoms with Crippen molar-refractivity contribution in [3.05, 3.63) is 70.4 Å². The van der Waals surface area contributed by atoms with Crippen LogP contribution in [0.1, 0.15) is 73.3 Å². The van der Waals surface area contributed by atoms with Gasteiger partial charge in [-0.3, -0.25) is 9.89 Å².